The van der Waals surface area contributed by atoms with E-state index in [1.165, 1.54) is 20.2 Å². The summed E-state index contributed by atoms with van der Waals surface area (Å²) in [6.45, 7) is 3.65. The van der Waals surface area contributed by atoms with E-state index < -0.39 is 28.5 Å². The van der Waals surface area contributed by atoms with Gasteiger partial charge in [0, 0.05) is 32.0 Å². The minimum atomic E-state index is -3.66. The Kier molecular flexibility index (Phi) is 7.39. The Labute approximate surface area is 193 Å². The van der Waals surface area contributed by atoms with Crippen molar-refractivity contribution in [1.82, 2.24) is 14.2 Å². The van der Waals surface area contributed by atoms with Gasteiger partial charge in [-0.25, -0.2) is 17.5 Å². The molecule has 33 heavy (non-hydrogen) atoms. The van der Waals surface area contributed by atoms with Crippen LogP contribution >= 0.6 is 0 Å². The number of aromatic nitrogens is 1. The third-order valence-corrected chi connectivity index (χ3v) is 7.14. The first-order valence-corrected chi connectivity index (χ1v) is 11.7. The summed E-state index contributed by atoms with van der Waals surface area (Å²) in [6.07, 6.45) is 1.59. The van der Waals surface area contributed by atoms with Crippen LogP contribution in [0.5, 0.6) is 0 Å². The molecule has 0 saturated heterocycles. The number of ether oxygens (including phenoxy) is 1. The van der Waals surface area contributed by atoms with Gasteiger partial charge in [0.25, 0.3) is 5.91 Å². The van der Waals surface area contributed by atoms with Crippen molar-refractivity contribution in [3.63, 3.8) is 0 Å². The van der Waals surface area contributed by atoms with E-state index in [2.05, 4.69) is 5.32 Å². The molecule has 3 rings (SSSR count). The molecule has 1 aromatic carbocycles. The Hall–Kier alpha value is -3.37. The number of benzene rings is 1. The van der Waals surface area contributed by atoms with Crippen LogP contribution in [0.4, 0.5) is 0 Å². The molecule has 0 unspecified atom stereocenters. The summed E-state index contributed by atoms with van der Waals surface area (Å²) in [6, 6.07) is 11.8. The number of aryl methyl sites for hydroxylation is 1. The van der Waals surface area contributed by atoms with E-state index in [-0.39, 0.29) is 11.4 Å². The predicted octanol–water partition coefficient (Wildman–Crippen LogP) is 2.47. The Morgan fingerprint density at radius 1 is 1.12 bits per heavy atom. The van der Waals surface area contributed by atoms with E-state index in [4.69, 9.17) is 9.15 Å². The summed E-state index contributed by atoms with van der Waals surface area (Å²) < 4.78 is 38.5. The largest absolute Gasteiger partial charge is 0.467 e. The normalized spacial score (nSPS) is 11.5. The molecule has 2 aromatic heterocycles. The second-order valence-corrected chi connectivity index (χ2v) is 9.82. The zero-order chi connectivity index (χ0) is 24.2. The first kappa shape index (κ1) is 24.3. The fourth-order valence-electron chi connectivity index (χ4n) is 3.36. The van der Waals surface area contributed by atoms with Crippen molar-refractivity contribution in [1.29, 1.82) is 0 Å². The second kappa shape index (κ2) is 10.1. The van der Waals surface area contributed by atoms with Gasteiger partial charge in [0.1, 0.15) is 5.76 Å². The number of nitrogens with zero attached hydrogens (tertiary/aromatic N) is 2. The van der Waals surface area contributed by atoms with Crippen LogP contribution in [0.3, 0.4) is 0 Å². The van der Waals surface area contributed by atoms with E-state index in [0.29, 0.717) is 23.4 Å². The predicted molar refractivity (Wildman–Crippen MR) is 121 cm³/mol. The first-order chi connectivity index (χ1) is 15.6. The number of hydrogen-bond acceptors (Lipinski definition) is 6. The summed E-state index contributed by atoms with van der Waals surface area (Å²) in [5.74, 6) is -0.392. The topological polar surface area (TPSA) is 111 Å². The average Bonchev–Trinajstić information content (AvgIpc) is 3.40. The number of sulfonamides is 1. The molecule has 3 aromatic rings. The summed E-state index contributed by atoms with van der Waals surface area (Å²) in [7, 11) is -0.775. The van der Waals surface area contributed by atoms with Gasteiger partial charge in [-0.15, -0.1) is 0 Å². The molecule has 0 aliphatic heterocycles. The SMILES string of the molecule is Cc1cc(C(=O)OCC(=O)NCc2ccccc2S(=O)(=O)N(C)C)c(C)n1Cc1ccco1. The van der Waals surface area contributed by atoms with Crippen LogP contribution in [0.1, 0.15) is 33.1 Å². The highest BCUT2D eigenvalue weighted by molar-refractivity contribution is 7.89. The smallest absolute Gasteiger partial charge is 0.340 e. The highest BCUT2D eigenvalue weighted by Gasteiger charge is 2.22. The number of carbonyl (C=O) groups is 2. The van der Waals surface area contributed by atoms with Crippen LogP contribution in [0.2, 0.25) is 0 Å². The molecular weight excluding hydrogens is 446 g/mol. The molecule has 0 aliphatic rings. The molecule has 0 saturated carbocycles. The monoisotopic (exact) mass is 473 g/mol. The average molecular weight is 474 g/mol. The number of carbonyl (C=O) groups excluding carboxylic acids is 2. The zero-order valence-corrected chi connectivity index (χ0v) is 19.8. The number of furan rings is 1. The molecule has 0 bridgehead atoms. The van der Waals surface area contributed by atoms with Gasteiger partial charge in [0.15, 0.2) is 6.61 Å². The van der Waals surface area contributed by atoms with E-state index in [0.717, 1.165) is 15.8 Å². The number of hydrogen-bond donors (Lipinski definition) is 1. The van der Waals surface area contributed by atoms with Gasteiger partial charge in [-0.05, 0) is 43.7 Å². The molecule has 1 amide bonds. The van der Waals surface area contributed by atoms with Crippen LogP contribution in [-0.4, -0.2) is 49.9 Å². The highest BCUT2D eigenvalue weighted by Crippen LogP contribution is 2.19. The fourth-order valence-corrected chi connectivity index (χ4v) is 4.48. The summed E-state index contributed by atoms with van der Waals surface area (Å²) >= 11 is 0. The highest BCUT2D eigenvalue weighted by atomic mass is 32.2. The zero-order valence-electron chi connectivity index (χ0n) is 19.0. The fraction of sp³-hybridized carbons (Fsp3) is 0.304. The maximum atomic E-state index is 12.5. The molecule has 0 atom stereocenters. The Bertz CT molecular complexity index is 1240. The van der Waals surface area contributed by atoms with Crippen molar-refractivity contribution in [3.05, 3.63) is 77.0 Å². The Morgan fingerprint density at radius 2 is 1.85 bits per heavy atom. The standard InChI is InChI=1S/C23H27N3O6S/c1-16-12-20(17(2)26(16)14-19-9-7-11-31-19)23(28)32-15-22(27)24-13-18-8-5-6-10-21(18)33(29,30)25(3)4/h5-12H,13-15H2,1-4H3,(H,24,27). The lowest BCUT2D eigenvalue weighted by atomic mass is 10.2. The molecule has 0 spiro atoms. The van der Waals surface area contributed by atoms with E-state index >= 15 is 0 Å². The second-order valence-electron chi connectivity index (χ2n) is 7.70. The maximum Gasteiger partial charge on any atom is 0.340 e. The molecule has 9 nitrogen and oxygen atoms in total. The van der Waals surface area contributed by atoms with Crippen molar-refractivity contribution in [2.75, 3.05) is 20.7 Å². The van der Waals surface area contributed by atoms with E-state index in [9.17, 15) is 18.0 Å². The van der Waals surface area contributed by atoms with Gasteiger partial charge in [0.2, 0.25) is 10.0 Å². The molecule has 0 radical (unpaired) electrons. The summed E-state index contributed by atoms with van der Waals surface area (Å²) in [5, 5.41) is 2.60. The van der Waals surface area contributed by atoms with Crippen molar-refractivity contribution >= 4 is 21.9 Å². The van der Waals surface area contributed by atoms with E-state index in [1.807, 2.05) is 17.6 Å². The van der Waals surface area contributed by atoms with Crippen LogP contribution in [0, 0.1) is 13.8 Å². The van der Waals surface area contributed by atoms with Gasteiger partial charge < -0.3 is 19.0 Å². The number of nitrogens with one attached hydrogen (secondary N) is 1. The number of amides is 1. The first-order valence-electron chi connectivity index (χ1n) is 10.2. The molecular formula is C23H27N3O6S. The Balaban J connectivity index is 1.60. The van der Waals surface area contributed by atoms with Crippen LogP contribution in [0.15, 0.2) is 58.0 Å². The number of rotatable bonds is 9. The third kappa shape index (κ3) is 5.52. The Morgan fingerprint density at radius 3 is 2.52 bits per heavy atom. The van der Waals surface area contributed by atoms with Crippen LogP contribution in [-0.2, 0) is 32.6 Å². The summed E-state index contributed by atoms with van der Waals surface area (Å²) in [5.41, 5.74) is 2.37. The van der Waals surface area contributed by atoms with Gasteiger partial charge >= 0.3 is 5.97 Å². The lowest BCUT2D eigenvalue weighted by Crippen LogP contribution is -2.30. The third-order valence-electron chi connectivity index (χ3n) is 5.23. The van der Waals surface area contributed by atoms with Crippen molar-refractivity contribution in [3.8, 4) is 0 Å². The molecule has 176 valence electrons. The molecule has 2 heterocycles. The summed E-state index contributed by atoms with van der Waals surface area (Å²) in [4.78, 5) is 24.9. The lowest BCUT2D eigenvalue weighted by Gasteiger charge is -2.15. The lowest BCUT2D eigenvalue weighted by molar-refractivity contribution is -0.124. The molecule has 10 heteroatoms. The molecule has 1 N–H and O–H groups in total. The van der Waals surface area contributed by atoms with Crippen LogP contribution < -0.4 is 5.32 Å². The van der Waals surface area contributed by atoms with Crippen molar-refractivity contribution in [2.45, 2.75) is 31.8 Å². The van der Waals surface area contributed by atoms with Crippen molar-refractivity contribution < 1.29 is 27.2 Å². The molecule has 0 fully saturated rings. The van der Waals surface area contributed by atoms with Gasteiger partial charge in [-0.2, -0.15) is 0 Å². The van der Waals surface area contributed by atoms with Crippen molar-refractivity contribution in [2.24, 2.45) is 0 Å². The van der Waals surface area contributed by atoms with Crippen LogP contribution in [0.25, 0.3) is 0 Å². The van der Waals surface area contributed by atoms with E-state index in [1.54, 1.807) is 43.5 Å². The van der Waals surface area contributed by atoms with Gasteiger partial charge in [-0.3, -0.25) is 4.79 Å². The molecule has 0 aliphatic carbocycles. The van der Waals surface area contributed by atoms with Gasteiger partial charge in [0.05, 0.1) is 23.3 Å². The maximum absolute atomic E-state index is 12.5. The van der Waals surface area contributed by atoms with Gasteiger partial charge in [-0.1, -0.05) is 18.2 Å². The quantitative estimate of drug-likeness (QED) is 0.478. The number of esters is 1. The minimum Gasteiger partial charge on any atom is -0.467 e. The minimum absolute atomic E-state index is 0.0166.